The lowest BCUT2D eigenvalue weighted by molar-refractivity contribution is -0.726. The van der Waals surface area contributed by atoms with E-state index in [1.807, 2.05) is 24.3 Å². The number of halogens is 2. The van der Waals surface area contributed by atoms with Gasteiger partial charge in [-0.15, -0.1) is 0 Å². The average Bonchev–Trinajstić information content (AvgIpc) is 2.93. The summed E-state index contributed by atoms with van der Waals surface area (Å²) in [5.74, 6) is 0. The first kappa shape index (κ1) is 31.9. The third-order valence-corrected chi connectivity index (χ3v) is 5.92. The molecule has 0 unspecified atom stereocenters. The highest BCUT2D eigenvalue weighted by atomic mass is 79.9. The smallest absolute Gasteiger partial charge is 0.169 e. The number of oxime groups is 2. The highest BCUT2D eigenvalue weighted by Gasteiger charge is 2.05. The molecular weight excluding hydrogens is 620 g/mol. The number of pyridine rings is 2. The van der Waals surface area contributed by atoms with Gasteiger partial charge in [-0.2, -0.15) is 0 Å². The lowest BCUT2D eigenvalue weighted by Crippen LogP contribution is -3.00. The Morgan fingerprint density at radius 3 is 1.28 bits per heavy atom. The van der Waals surface area contributed by atoms with Crippen LogP contribution in [0.15, 0.2) is 108 Å². The maximum absolute atomic E-state index is 5.41. The number of hydrogen-bond acceptors (Lipinski definition) is 4. The SMILES string of the molecule is Cc1ccc(CO/N=C/c2cc[n+](CCC[n+]3ccc(/C=N/OCc4ccc(C)cc4)cc3)cc2)cc1.[Br-].[Br-]. The normalized spacial score (nSPS) is 10.7. The largest absolute Gasteiger partial charge is 1.00 e. The third kappa shape index (κ3) is 11.5. The molecule has 204 valence electrons. The zero-order chi connectivity index (χ0) is 25.7. The van der Waals surface area contributed by atoms with Crippen LogP contribution in [0.4, 0.5) is 0 Å². The zero-order valence-corrected chi connectivity index (χ0v) is 25.5. The highest BCUT2D eigenvalue weighted by molar-refractivity contribution is 5.78. The molecule has 0 fully saturated rings. The quantitative estimate of drug-likeness (QED) is 0.113. The second-order valence-electron chi connectivity index (χ2n) is 9.08. The minimum Gasteiger partial charge on any atom is -1.00 e. The van der Waals surface area contributed by atoms with Gasteiger partial charge in [0.2, 0.25) is 0 Å². The van der Waals surface area contributed by atoms with E-state index in [0.29, 0.717) is 13.2 Å². The van der Waals surface area contributed by atoms with Crippen LogP contribution in [0.1, 0.15) is 39.8 Å². The van der Waals surface area contributed by atoms with Crippen molar-refractivity contribution in [3.8, 4) is 0 Å². The van der Waals surface area contributed by atoms with Gasteiger partial charge in [0.15, 0.2) is 37.9 Å². The van der Waals surface area contributed by atoms with Gasteiger partial charge < -0.3 is 43.6 Å². The predicted octanol–water partition coefficient (Wildman–Crippen LogP) is -0.922. The average molecular weight is 654 g/mol. The van der Waals surface area contributed by atoms with E-state index in [1.54, 1.807) is 12.4 Å². The van der Waals surface area contributed by atoms with Crippen molar-refractivity contribution in [2.24, 2.45) is 10.3 Å². The van der Waals surface area contributed by atoms with Gasteiger partial charge in [-0.05, 0) is 25.0 Å². The fraction of sp³-hybridized carbons (Fsp3) is 0.226. The molecule has 4 aromatic rings. The summed E-state index contributed by atoms with van der Waals surface area (Å²) in [6.07, 6.45) is 12.8. The summed E-state index contributed by atoms with van der Waals surface area (Å²) in [6, 6.07) is 24.7. The number of benzene rings is 2. The van der Waals surface area contributed by atoms with Gasteiger partial charge in [0.25, 0.3) is 0 Å². The Kier molecular flexibility index (Phi) is 14.1. The summed E-state index contributed by atoms with van der Waals surface area (Å²) < 4.78 is 4.36. The summed E-state index contributed by atoms with van der Waals surface area (Å²) in [5, 5.41) is 8.17. The summed E-state index contributed by atoms with van der Waals surface area (Å²) in [6.45, 7) is 6.95. The van der Waals surface area contributed by atoms with Crippen molar-refractivity contribution in [2.45, 2.75) is 46.6 Å². The summed E-state index contributed by atoms with van der Waals surface area (Å²) in [5.41, 5.74) is 6.71. The fourth-order valence-corrected chi connectivity index (χ4v) is 3.63. The van der Waals surface area contributed by atoms with E-state index in [-0.39, 0.29) is 34.0 Å². The molecule has 6 nitrogen and oxygen atoms in total. The maximum atomic E-state index is 5.41. The van der Waals surface area contributed by atoms with Gasteiger partial charge in [0.1, 0.15) is 13.2 Å². The van der Waals surface area contributed by atoms with Crippen LogP contribution in [-0.4, -0.2) is 12.4 Å². The standard InChI is InChI=1S/C31H34N4O2.2BrH/c1-26-4-8-30(9-5-26)24-36-32-22-28-12-18-34(19-13-28)16-3-17-35-20-14-29(15-21-35)23-33-37-25-31-10-6-27(2)7-11-31;;/h4-15,18-23H,3,16-17,24-25H2,1-2H3;2*1H/q+2;;/p-2/b32-22+,33-23+;;. The van der Waals surface area contributed by atoms with E-state index >= 15 is 0 Å². The third-order valence-electron chi connectivity index (χ3n) is 5.92. The number of aryl methyl sites for hydroxylation is 4. The Bertz CT molecular complexity index is 1190. The van der Waals surface area contributed by atoms with Crippen LogP contribution >= 0.6 is 0 Å². The highest BCUT2D eigenvalue weighted by Crippen LogP contribution is 2.06. The van der Waals surface area contributed by atoms with Crippen molar-refractivity contribution in [1.82, 2.24) is 0 Å². The maximum Gasteiger partial charge on any atom is 0.169 e. The van der Waals surface area contributed by atoms with Gasteiger partial charge in [0, 0.05) is 35.4 Å². The second kappa shape index (κ2) is 17.3. The number of aromatic nitrogens is 2. The Balaban J connectivity index is 0.00000267. The van der Waals surface area contributed by atoms with Crippen molar-refractivity contribution in [3.63, 3.8) is 0 Å². The number of rotatable bonds is 12. The van der Waals surface area contributed by atoms with E-state index in [1.165, 1.54) is 11.1 Å². The van der Waals surface area contributed by atoms with E-state index in [9.17, 15) is 0 Å². The van der Waals surface area contributed by atoms with Crippen molar-refractivity contribution in [3.05, 3.63) is 131 Å². The molecule has 2 heterocycles. The van der Waals surface area contributed by atoms with E-state index in [0.717, 1.165) is 41.8 Å². The molecule has 0 spiro atoms. The molecule has 0 bridgehead atoms. The molecule has 0 aliphatic rings. The molecule has 0 aliphatic heterocycles. The first-order chi connectivity index (χ1) is 18.1. The molecule has 0 N–H and O–H groups in total. The molecule has 0 saturated heterocycles. The predicted molar refractivity (Wildman–Crippen MR) is 145 cm³/mol. The Morgan fingerprint density at radius 1 is 0.564 bits per heavy atom. The van der Waals surface area contributed by atoms with Crippen molar-refractivity contribution in [2.75, 3.05) is 0 Å². The number of hydrogen-bond donors (Lipinski definition) is 0. The molecular formula is C31H34Br2N4O2. The Morgan fingerprint density at radius 2 is 0.923 bits per heavy atom. The second-order valence-corrected chi connectivity index (χ2v) is 9.08. The van der Waals surface area contributed by atoms with Crippen LogP contribution in [-0.2, 0) is 36.0 Å². The lowest BCUT2D eigenvalue weighted by Gasteiger charge is -2.01. The van der Waals surface area contributed by atoms with E-state index < -0.39 is 0 Å². The molecule has 0 atom stereocenters. The van der Waals surface area contributed by atoms with E-state index in [2.05, 4.69) is 107 Å². The summed E-state index contributed by atoms with van der Waals surface area (Å²) >= 11 is 0. The van der Waals surface area contributed by atoms with Crippen molar-refractivity contribution >= 4 is 12.4 Å². The molecule has 0 amide bonds. The first-order valence-corrected chi connectivity index (χ1v) is 12.5. The Hall–Kier alpha value is -3.36. The molecule has 0 radical (unpaired) electrons. The van der Waals surface area contributed by atoms with Crippen molar-refractivity contribution in [1.29, 1.82) is 0 Å². The molecule has 8 heteroatoms. The van der Waals surface area contributed by atoms with Gasteiger partial charge >= 0.3 is 0 Å². The van der Waals surface area contributed by atoms with Crippen LogP contribution in [0.3, 0.4) is 0 Å². The fourth-order valence-electron chi connectivity index (χ4n) is 3.63. The molecule has 0 aliphatic carbocycles. The molecule has 39 heavy (non-hydrogen) atoms. The lowest BCUT2D eigenvalue weighted by atomic mass is 10.2. The molecule has 0 saturated carbocycles. The summed E-state index contributed by atoms with van der Waals surface area (Å²) in [4.78, 5) is 10.8. The van der Waals surface area contributed by atoms with Crippen LogP contribution in [0.2, 0.25) is 0 Å². The molecule has 2 aromatic heterocycles. The zero-order valence-electron chi connectivity index (χ0n) is 22.3. The summed E-state index contributed by atoms with van der Waals surface area (Å²) in [7, 11) is 0. The molecule has 4 rings (SSSR count). The number of nitrogens with zero attached hydrogens (tertiary/aromatic N) is 4. The first-order valence-electron chi connectivity index (χ1n) is 12.5. The van der Waals surface area contributed by atoms with Crippen molar-refractivity contribution < 1.29 is 52.8 Å². The van der Waals surface area contributed by atoms with Gasteiger partial charge in [-0.25, -0.2) is 9.13 Å². The van der Waals surface area contributed by atoms with Crippen LogP contribution in [0.5, 0.6) is 0 Å². The van der Waals surface area contributed by atoms with Gasteiger partial charge in [-0.1, -0.05) is 70.0 Å². The minimum absolute atomic E-state index is 0. The molecule has 2 aromatic carbocycles. The monoisotopic (exact) mass is 652 g/mol. The topological polar surface area (TPSA) is 50.9 Å². The Labute approximate surface area is 252 Å². The minimum atomic E-state index is 0. The van der Waals surface area contributed by atoms with Crippen LogP contribution in [0.25, 0.3) is 0 Å². The van der Waals surface area contributed by atoms with Gasteiger partial charge in [0.05, 0.1) is 18.9 Å². The van der Waals surface area contributed by atoms with Crippen LogP contribution in [0, 0.1) is 13.8 Å². The van der Waals surface area contributed by atoms with Gasteiger partial charge in [-0.3, -0.25) is 0 Å². The van der Waals surface area contributed by atoms with Crippen LogP contribution < -0.4 is 43.1 Å². The van der Waals surface area contributed by atoms with E-state index in [4.69, 9.17) is 9.68 Å².